The molecular weight excluding hydrogens is 336 g/mol. The van der Waals surface area contributed by atoms with Crippen molar-refractivity contribution < 1.29 is 14.7 Å². The lowest BCUT2D eigenvalue weighted by molar-refractivity contribution is -0.142. The average molecular weight is 356 g/mol. The standard InChI is InChI=1S/C19H20N2O3S/c22-18(23)17-16(13-25)20(11-14-7-3-1-4-8-14)19(24)21(17)12-15-9-5-2-6-10-15/h1-10,16-17,25H,11-13H2,(H,22,23). The molecule has 2 amide bonds. The van der Waals surface area contributed by atoms with Gasteiger partial charge in [0.2, 0.25) is 0 Å². The fourth-order valence-electron chi connectivity index (χ4n) is 3.21. The van der Waals surface area contributed by atoms with E-state index < -0.39 is 18.1 Å². The molecule has 0 aliphatic carbocycles. The zero-order valence-corrected chi connectivity index (χ0v) is 14.5. The highest BCUT2D eigenvalue weighted by Gasteiger charge is 2.48. The Labute approximate surface area is 152 Å². The number of nitrogens with zero attached hydrogens (tertiary/aromatic N) is 2. The highest BCUT2D eigenvalue weighted by atomic mass is 32.1. The summed E-state index contributed by atoms with van der Waals surface area (Å²) in [6, 6.07) is 17.4. The maximum Gasteiger partial charge on any atom is 0.328 e. The van der Waals surface area contributed by atoms with Gasteiger partial charge in [0.25, 0.3) is 0 Å². The van der Waals surface area contributed by atoms with Crippen LogP contribution in [0.5, 0.6) is 0 Å². The Morgan fingerprint density at radius 2 is 1.40 bits per heavy atom. The Morgan fingerprint density at radius 3 is 1.84 bits per heavy atom. The first-order chi connectivity index (χ1) is 12.1. The average Bonchev–Trinajstić information content (AvgIpc) is 2.89. The van der Waals surface area contributed by atoms with Crippen LogP contribution in [-0.4, -0.2) is 44.7 Å². The van der Waals surface area contributed by atoms with Crippen molar-refractivity contribution in [2.45, 2.75) is 25.2 Å². The van der Waals surface area contributed by atoms with E-state index in [0.29, 0.717) is 12.3 Å². The van der Waals surface area contributed by atoms with Gasteiger partial charge in [0.05, 0.1) is 6.04 Å². The summed E-state index contributed by atoms with van der Waals surface area (Å²) >= 11 is 4.32. The van der Waals surface area contributed by atoms with E-state index in [1.807, 2.05) is 60.7 Å². The fraction of sp³-hybridized carbons (Fsp3) is 0.263. The minimum absolute atomic E-state index is 0.265. The van der Waals surface area contributed by atoms with Gasteiger partial charge in [-0.05, 0) is 11.1 Å². The number of benzene rings is 2. The number of rotatable bonds is 6. The summed E-state index contributed by atoms with van der Waals surface area (Å²) in [6.45, 7) is 0.645. The predicted octanol–water partition coefficient (Wildman–Crippen LogP) is 2.88. The van der Waals surface area contributed by atoms with Crippen molar-refractivity contribution in [3.8, 4) is 0 Å². The molecule has 2 unspecified atom stereocenters. The van der Waals surface area contributed by atoms with Crippen molar-refractivity contribution in [3.05, 3.63) is 71.8 Å². The summed E-state index contributed by atoms with van der Waals surface area (Å²) in [5, 5.41) is 9.71. The van der Waals surface area contributed by atoms with Crippen molar-refractivity contribution in [1.82, 2.24) is 9.80 Å². The molecular formula is C19H20N2O3S. The third-order valence-electron chi connectivity index (χ3n) is 4.42. The van der Waals surface area contributed by atoms with Gasteiger partial charge < -0.3 is 14.9 Å². The van der Waals surface area contributed by atoms with Gasteiger partial charge in [0.1, 0.15) is 0 Å². The van der Waals surface area contributed by atoms with Crippen LogP contribution < -0.4 is 0 Å². The maximum absolute atomic E-state index is 13.0. The van der Waals surface area contributed by atoms with Gasteiger partial charge >= 0.3 is 12.0 Å². The lowest BCUT2D eigenvalue weighted by Crippen LogP contribution is -2.44. The van der Waals surface area contributed by atoms with Gasteiger partial charge in [-0.2, -0.15) is 12.6 Å². The van der Waals surface area contributed by atoms with E-state index >= 15 is 0 Å². The summed E-state index contributed by atoms with van der Waals surface area (Å²) in [7, 11) is 0. The van der Waals surface area contributed by atoms with Gasteiger partial charge in [-0.3, -0.25) is 0 Å². The van der Waals surface area contributed by atoms with Crippen LogP contribution >= 0.6 is 12.6 Å². The molecule has 0 saturated carbocycles. The lowest BCUT2D eigenvalue weighted by atomic mass is 10.1. The second kappa shape index (κ2) is 7.61. The number of carbonyl (C=O) groups excluding carboxylic acids is 1. The molecule has 3 rings (SSSR count). The van der Waals surface area contributed by atoms with Crippen molar-refractivity contribution in [2.24, 2.45) is 0 Å². The number of hydrogen-bond acceptors (Lipinski definition) is 3. The largest absolute Gasteiger partial charge is 0.480 e. The van der Waals surface area contributed by atoms with E-state index in [9.17, 15) is 14.7 Å². The van der Waals surface area contributed by atoms with Crippen LogP contribution in [0.2, 0.25) is 0 Å². The van der Waals surface area contributed by atoms with E-state index in [1.165, 1.54) is 4.90 Å². The molecule has 0 radical (unpaired) electrons. The Morgan fingerprint density at radius 1 is 0.920 bits per heavy atom. The molecule has 0 spiro atoms. The lowest BCUT2D eigenvalue weighted by Gasteiger charge is -2.23. The molecule has 0 aromatic heterocycles. The van der Waals surface area contributed by atoms with Crippen molar-refractivity contribution >= 4 is 24.6 Å². The molecule has 1 aliphatic heterocycles. The molecule has 25 heavy (non-hydrogen) atoms. The Bertz CT molecular complexity index is 739. The molecule has 2 aromatic rings. The van der Waals surface area contributed by atoms with Crippen molar-refractivity contribution in [3.63, 3.8) is 0 Å². The first-order valence-electron chi connectivity index (χ1n) is 8.10. The molecule has 1 N–H and O–H groups in total. The number of carboxylic acid groups (broad SMARTS) is 1. The smallest absolute Gasteiger partial charge is 0.328 e. The van der Waals surface area contributed by atoms with Gasteiger partial charge in [0.15, 0.2) is 6.04 Å². The zero-order chi connectivity index (χ0) is 17.8. The van der Waals surface area contributed by atoms with E-state index in [4.69, 9.17) is 0 Å². The Hall–Kier alpha value is -2.47. The maximum atomic E-state index is 13.0. The number of carboxylic acids is 1. The van der Waals surface area contributed by atoms with E-state index in [0.717, 1.165) is 11.1 Å². The topological polar surface area (TPSA) is 60.9 Å². The molecule has 1 saturated heterocycles. The quantitative estimate of drug-likeness (QED) is 0.783. The predicted molar refractivity (Wildman–Crippen MR) is 98.4 cm³/mol. The van der Waals surface area contributed by atoms with Crippen molar-refractivity contribution in [1.29, 1.82) is 0 Å². The summed E-state index contributed by atoms with van der Waals surface area (Å²) in [4.78, 5) is 27.9. The van der Waals surface area contributed by atoms with Gasteiger partial charge in [-0.15, -0.1) is 0 Å². The third kappa shape index (κ3) is 3.64. The molecule has 1 aliphatic rings. The van der Waals surface area contributed by atoms with Crippen LogP contribution in [0.4, 0.5) is 4.79 Å². The van der Waals surface area contributed by atoms with E-state index in [1.54, 1.807) is 4.90 Å². The first kappa shape index (κ1) is 17.4. The molecule has 5 nitrogen and oxygen atoms in total. The number of hydrogen-bond donors (Lipinski definition) is 2. The summed E-state index contributed by atoms with van der Waals surface area (Å²) in [5.41, 5.74) is 1.87. The van der Waals surface area contributed by atoms with Crippen LogP contribution in [0.25, 0.3) is 0 Å². The molecule has 0 bridgehead atoms. The minimum atomic E-state index is -1.00. The first-order valence-corrected chi connectivity index (χ1v) is 8.74. The third-order valence-corrected chi connectivity index (χ3v) is 4.80. The van der Waals surface area contributed by atoms with Gasteiger partial charge in [-0.1, -0.05) is 60.7 Å². The number of carbonyl (C=O) groups is 2. The van der Waals surface area contributed by atoms with Crippen LogP contribution in [0, 0.1) is 0 Å². The molecule has 1 heterocycles. The SMILES string of the molecule is O=C(O)C1C(CS)N(Cc2ccccc2)C(=O)N1Cc1ccccc1. The highest BCUT2D eigenvalue weighted by Crippen LogP contribution is 2.28. The second-order valence-corrected chi connectivity index (χ2v) is 6.41. The van der Waals surface area contributed by atoms with E-state index in [2.05, 4.69) is 12.6 Å². The number of thiol groups is 1. The normalized spacial score (nSPS) is 20.1. The minimum Gasteiger partial charge on any atom is -0.480 e. The van der Waals surface area contributed by atoms with Crippen molar-refractivity contribution in [2.75, 3.05) is 5.75 Å². The molecule has 2 atom stereocenters. The second-order valence-electron chi connectivity index (χ2n) is 6.04. The number of aliphatic carboxylic acids is 1. The fourth-order valence-corrected chi connectivity index (χ4v) is 3.61. The Kier molecular flexibility index (Phi) is 5.28. The molecule has 2 aromatic carbocycles. The van der Waals surface area contributed by atoms with Crippen LogP contribution in [-0.2, 0) is 17.9 Å². The Balaban J connectivity index is 1.89. The summed E-state index contributed by atoms with van der Waals surface area (Å²) in [5.74, 6) is -0.709. The molecule has 6 heteroatoms. The van der Waals surface area contributed by atoms with Crippen LogP contribution in [0.3, 0.4) is 0 Å². The highest BCUT2D eigenvalue weighted by molar-refractivity contribution is 7.80. The zero-order valence-electron chi connectivity index (χ0n) is 13.7. The van der Waals surface area contributed by atoms with E-state index in [-0.39, 0.29) is 12.6 Å². The van der Waals surface area contributed by atoms with Gasteiger partial charge in [0, 0.05) is 18.8 Å². The molecule has 1 fully saturated rings. The van der Waals surface area contributed by atoms with Crippen LogP contribution in [0.15, 0.2) is 60.7 Å². The number of amides is 2. The number of urea groups is 1. The summed E-state index contributed by atoms with van der Waals surface area (Å²) in [6.07, 6.45) is 0. The summed E-state index contributed by atoms with van der Waals surface area (Å²) < 4.78 is 0. The van der Waals surface area contributed by atoms with Gasteiger partial charge in [-0.25, -0.2) is 9.59 Å². The molecule has 130 valence electrons. The van der Waals surface area contributed by atoms with Crippen LogP contribution in [0.1, 0.15) is 11.1 Å². The monoisotopic (exact) mass is 356 g/mol.